The summed E-state index contributed by atoms with van der Waals surface area (Å²) in [5.74, 6) is 0.710. The molecule has 1 aliphatic carbocycles. The van der Waals surface area contributed by atoms with E-state index in [9.17, 15) is 0 Å². The Morgan fingerprint density at radius 3 is 2.13 bits per heavy atom. The fourth-order valence-electron chi connectivity index (χ4n) is 7.81. The molecule has 4 nitrogen and oxygen atoms in total. The van der Waals surface area contributed by atoms with Crippen LogP contribution in [0.15, 0.2) is 144 Å². The molecule has 0 bridgehead atoms. The highest BCUT2D eigenvalue weighted by Gasteiger charge is 2.39. The summed E-state index contributed by atoms with van der Waals surface area (Å²) >= 11 is 0. The van der Waals surface area contributed by atoms with Gasteiger partial charge >= 0.3 is 0 Å². The van der Waals surface area contributed by atoms with Gasteiger partial charge in [-0.3, -0.25) is 0 Å². The maximum Gasteiger partial charge on any atom is 0.162 e. The topological polar surface area (TPSA) is 43.9 Å². The van der Waals surface area contributed by atoms with Crippen LogP contribution in [0.2, 0.25) is 0 Å². The standard InChI is InChI=1S/C43H29N3O/c1-43(2)33-20-10-6-18-31(33)37-38(26-14-4-3-5-15-26)44-42(45-41(37)43)32-19-8-12-22-35(32)46-34-21-11-7-16-27(34)29-24-25-30-28-17-9-13-23-36(28)47-40(30)39(29)46/h3-25H,1-2H3. The van der Waals surface area contributed by atoms with E-state index < -0.39 is 0 Å². The molecule has 4 heteroatoms. The monoisotopic (exact) mass is 603 g/mol. The summed E-state index contributed by atoms with van der Waals surface area (Å²) in [6, 6.07) is 49.0. The van der Waals surface area contributed by atoms with Gasteiger partial charge in [0.25, 0.3) is 0 Å². The molecule has 0 saturated heterocycles. The van der Waals surface area contributed by atoms with Crippen LogP contribution in [0.5, 0.6) is 0 Å². The molecule has 0 fully saturated rings. The first-order valence-corrected chi connectivity index (χ1v) is 16.1. The van der Waals surface area contributed by atoms with Crippen molar-refractivity contribution in [1.82, 2.24) is 14.5 Å². The Balaban J connectivity index is 1.31. The van der Waals surface area contributed by atoms with E-state index in [0.717, 1.165) is 72.1 Å². The third-order valence-electron chi connectivity index (χ3n) is 9.98. The van der Waals surface area contributed by atoms with Crippen LogP contribution in [0.4, 0.5) is 0 Å². The average molecular weight is 604 g/mol. The van der Waals surface area contributed by atoms with Gasteiger partial charge in [-0.1, -0.05) is 123 Å². The summed E-state index contributed by atoms with van der Waals surface area (Å²) in [5, 5.41) is 4.55. The lowest BCUT2D eigenvalue weighted by Gasteiger charge is -2.21. The minimum absolute atomic E-state index is 0.282. The largest absolute Gasteiger partial charge is 0.454 e. The predicted octanol–water partition coefficient (Wildman–Crippen LogP) is 11.1. The molecule has 9 aromatic rings. The van der Waals surface area contributed by atoms with Gasteiger partial charge in [-0.15, -0.1) is 0 Å². The Labute approximate surface area is 271 Å². The predicted molar refractivity (Wildman–Crippen MR) is 192 cm³/mol. The quantitative estimate of drug-likeness (QED) is 0.202. The van der Waals surface area contributed by atoms with Crippen LogP contribution in [-0.2, 0) is 5.41 Å². The van der Waals surface area contributed by atoms with E-state index >= 15 is 0 Å². The third-order valence-corrected chi connectivity index (χ3v) is 9.98. The Hall–Kier alpha value is -6.00. The number of aromatic nitrogens is 3. The lowest BCUT2D eigenvalue weighted by atomic mass is 9.85. The van der Waals surface area contributed by atoms with Crippen molar-refractivity contribution in [1.29, 1.82) is 0 Å². The van der Waals surface area contributed by atoms with E-state index in [-0.39, 0.29) is 5.41 Å². The molecule has 3 heterocycles. The van der Waals surface area contributed by atoms with Crippen molar-refractivity contribution in [3.05, 3.63) is 151 Å². The van der Waals surface area contributed by atoms with Gasteiger partial charge in [0.1, 0.15) is 5.58 Å². The second-order valence-electron chi connectivity index (χ2n) is 13.0. The van der Waals surface area contributed by atoms with Gasteiger partial charge in [0.05, 0.1) is 28.1 Å². The Morgan fingerprint density at radius 2 is 1.26 bits per heavy atom. The van der Waals surface area contributed by atoms with Crippen molar-refractivity contribution in [3.63, 3.8) is 0 Å². The van der Waals surface area contributed by atoms with Crippen molar-refractivity contribution in [2.24, 2.45) is 0 Å². The number of furan rings is 1. The zero-order valence-electron chi connectivity index (χ0n) is 26.0. The number of fused-ring (bicyclic) bond motifs is 10. The first kappa shape index (κ1) is 26.2. The minimum Gasteiger partial charge on any atom is -0.454 e. The lowest BCUT2D eigenvalue weighted by molar-refractivity contribution is 0.636. The summed E-state index contributed by atoms with van der Waals surface area (Å²) < 4.78 is 9.00. The molecule has 0 aliphatic heterocycles. The molecule has 0 saturated carbocycles. The van der Waals surface area contributed by atoms with E-state index in [1.54, 1.807) is 0 Å². The molecule has 0 radical (unpaired) electrons. The smallest absolute Gasteiger partial charge is 0.162 e. The van der Waals surface area contributed by atoms with Crippen molar-refractivity contribution < 1.29 is 4.42 Å². The Bertz CT molecular complexity index is 2710. The second kappa shape index (κ2) is 9.51. The van der Waals surface area contributed by atoms with Gasteiger partial charge < -0.3 is 8.98 Å². The van der Waals surface area contributed by atoms with Crippen LogP contribution in [0, 0.1) is 0 Å². The third kappa shape index (κ3) is 3.58. The van der Waals surface area contributed by atoms with Crippen LogP contribution in [0.1, 0.15) is 25.1 Å². The number of benzene rings is 6. The number of hydrogen-bond acceptors (Lipinski definition) is 3. The van der Waals surface area contributed by atoms with Crippen LogP contribution in [0.25, 0.3) is 83.2 Å². The van der Waals surface area contributed by atoms with E-state index in [0.29, 0.717) is 5.82 Å². The van der Waals surface area contributed by atoms with Crippen LogP contribution < -0.4 is 0 Å². The molecule has 47 heavy (non-hydrogen) atoms. The first-order valence-electron chi connectivity index (χ1n) is 16.1. The highest BCUT2D eigenvalue weighted by Crippen LogP contribution is 2.51. The second-order valence-corrected chi connectivity index (χ2v) is 13.0. The number of rotatable bonds is 3. The minimum atomic E-state index is -0.282. The van der Waals surface area contributed by atoms with E-state index in [1.165, 1.54) is 16.5 Å². The molecule has 0 unspecified atom stereocenters. The van der Waals surface area contributed by atoms with Crippen molar-refractivity contribution >= 4 is 43.7 Å². The van der Waals surface area contributed by atoms with E-state index in [2.05, 4.69) is 146 Å². The molecular formula is C43H29N3O. The average Bonchev–Trinajstić information content (AvgIpc) is 3.74. The van der Waals surface area contributed by atoms with Crippen molar-refractivity contribution in [2.45, 2.75) is 19.3 Å². The zero-order valence-corrected chi connectivity index (χ0v) is 26.0. The highest BCUT2D eigenvalue weighted by atomic mass is 16.3. The molecule has 6 aromatic carbocycles. The SMILES string of the molecule is CC1(C)c2ccccc2-c2c(-c3ccccc3)nc(-c3ccccc3-n3c4ccccc4c4ccc5c6ccccc6oc5c43)nc21. The summed E-state index contributed by atoms with van der Waals surface area (Å²) in [7, 11) is 0. The number of nitrogens with zero attached hydrogens (tertiary/aromatic N) is 3. The molecule has 0 amide bonds. The zero-order chi connectivity index (χ0) is 31.3. The summed E-state index contributed by atoms with van der Waals surface area (Å²) in [4.78, 5) is 10.9. The summed E-state index contributed by atoms with van der Waals surface area (Å²) in [5.41, 5.74) is 12.3. The highest BCUT2D eigenvalue weighted by molar-refractivity contribution is 6.21. The van der Waals surface area contributed by atoms with Crippen molar-refractivity contribution in [2.75, 3.05) is 0 Å². The first-order chi connectivity index (χ1) is 23.1. The maximum absolute atomic E-state index is 6.65. The normalized spacial score (nSPS) is 13.5. The molecule has 3 aromatic heterocycles. The molecule has 222 valence electrons. The molecular weight excluding hydrogens is 574 g/mol. The van der Waals surface area contributed by atoms with Crippen molar-refractivity contribution in [3.8, 4) is 39.5 Å². The number of hydrogen-bond donors (Lipinski definition) is 0. The van der Waals surface area contributed by atoms with E-state index in [1.807, 2.05) is 12.1 Å². The molecule has 0 N–H and O–H groups in total. The summed E-state index contributed by atoms with van der Waals surface area (Å²) in [6.45, 7) is 4.56. The fourth-order valence-corrected chi connectivity index (χ4v) is 7.81. The molecule has 0 atom stereocenters. The van der Waals surface area contributed by atoms with Gasteiger partial charge in [0, 0.05) is 43.7 Å². The molecule has 0 spiro atoms. The fraction of sp³-hybridized carbons (Fsp3) is 0.0698. The number of para-hydroxylation sites is 3. The lowest BCUT2D eigenvalue weighted by Crippen LogP contribution is -2.17. The van der Waals surface area contributed by atoms with Crippen LogP contribution in [-0.4, -0.2) is 14.5 Å². The van der Waals surface area contributed by atoms with Gasteiger partial charge in [-0.05, 0) is 41.5 Å². The van der Waals surface area contributed by atoms with E-state index in [4.69, 9.17) is 14.4 Å². The maximum atomic E-state index is 6.65. The summed E-state index contributed by atoms with van der Waals surface area (Å²) in [6.07, 6.45) is 0. The van der Waals surface area contributed by atoms with Crippen LogP contribution >= 0.6 is 0 Å². The van der Waals surface area contributed by atoms with Gasteiger partial charge in [-0.25, -0.2) is 9.97 Å². The van der Waals surface area contributed by atoms with Gasteiger partial charge in [-0.2, -0.15) is 0 Å². The Morgan fingerprint density at radius 1 is 0.574 bits per heavy atom. The molecule has 1 aliphatic rings. The van der Waals surface area contributed by atoms with Crippen LogP contribution in [0.3, 0.4) is 0 Å². The van der Waals surface area contributed by atoms with Gasteiger partial charge in [0.15, 0.2) is 11.4 Å². The molecule has 10 rings (SSSR count). The van der Waals surface area contributed by atoms with Gasteiger partial charge in [0.2, 0.25) is 0 Å². The Kier molecular flexibility index (Phi) is 5.31.